The highest BCUT2D eigenvalue weighted by atomic mass is 31.1. The molecule has 0 radical (unpaired) electrons. The fourth-order valence-corrected chi connectivity index (χ4v) is 1.24. The molecule has 0 spiro atoms. The van der Waals surface area contributed by atoms with Crippen molar-refractivity contribution in [3.8, 4) is 0 Å². The Bertz CT molecular complexity index is 322. The maximum absolute atomic E-state index is 10.3. The third-order valence-electron chi connectivity index (χ3n) is 1.61. The van der Waals surface area contributed by atoms with Gasteiger partial charge in [-0.05, 0) is 11.1 Å². The van der Waals surface area contributed by atoms with Crippen LogP contribution in [0.3, 0.4) is 0 Å². The first-order valence-corrected chi connectivity index (χ1v) is 4.86. The lowest BCUT2D eigenvalue weighted by atomic mass is 10.1. The van der Waals surface area contributed by atoms with E-state index in [9.17, 15) is 4.57 Å². The van der Waals surface area contributed by atoms with E-state index in [0.717, 1.165) is 11.1 Å². The van der Waals surface area contributed by atoms with Crippen LogP contribution in [0.2, 0.25) is 0 Å². The lowest BCUT2D eigenvalue weighted by Crippen LogP contribution is -1.89. The Labute approximate surface area is 77.6 Å². The molecule has 0 aliphatic carbocycles. The summed E-state index contributed by atoms with van der Waals surface area (Å²) in [5, 5.41) is 0. The topological polar surface area (TPSA) is 46.5 Å². The van der Waals surface area contributed by atoms with E-state index in [2.05, 4.69) is 11.1 Å². The molecule has 1 N–H and O–H groups in total. The van der Waals surface area contributed by atoms with Gasteiger partial charge in [0.25, 0.3) is 0 Å². The van der Waals surface area contributed by atoms with Gasteiger partial charge in [0.2, 0.25) is 0 Å². The first-order valence-electron chi connectivity index (χ1n) is 3.73. The predicted molar refractivity (Wildman–Crippen MR) is 51.1 cm³/mol. The molecule has 3 nitrogen and oxygen atoms in total. The SMILES string of the molecule is C=Cc1ccccc1CO[P+](=O)O. The molecule has 4 heteroatoms. The normalized spacial score (nSPS) is 11.0. The van der Waals surface area contributed by atoms with E-state index in [1.165, 1.54) is 0 Å². The van der Waals surface area contributed by atoms with Crippen molar-refractivity contribution in [1.29, 1.82) is 0 Å². The first-order chi connectivity index (χ1) is 6.24. The molecule has 68 valence electrons. The van der Waals surface area contributed by atoms with Gasteiger partial charge in [-0.3, -0.25) is 0 Å². The van der Waals surface area contributed by atoms with Gasteiger partial charge in [0, 0.05) is 4.57 Å². The molecule has 0 aliphatic rings. The zero-order valence-electron chi connectivity index (χ0n) is 7.01. The van der Waals surface area contributed by atoms with Gasteiger partial charge in [-0.25, -0.2) is 0 Å². The van der Waals surface area contributed by atoms with Gasteiger partial charge in [0.15, 0.2) is 0 Å². The van der Waals surface area contributed by atoms with Crippen molar-refractivity contribution >= 4 is 14.3 Å². The molecule has 1 aromatic rings. The molecule has 0 saturated carbocycles. The van der Waals surface area contributed by atoms with Crippen LogP contribution in [-0.4, -0.2) is 4.89 Å². The average molecular weight is 197 g/mol. The van der Waals surface area contributed by atoms with E-state index in [-0.39, 0.29) is 6.61 Å². The smallest absolute Gasteiger partial charge is 0.133 e. The standard InChI is InChI=1S/C9H9O3P/c1-2-8-5-3-4-6-9(8)7-12-13(10)11/h2-6H,1,7H2/p+1. The second-order valence-corrected chi connectivity index (χ2v) is 3.15. The second-order valence-electron chi connectivity index (χ2n) is 2.41. The molecular formula is C9H10O3P+. The molecule has 1 rings (SSSR count). The van der Waals surface area contributed by atoms with Gasteiger partial charge in [-0.15, -0.1) is 9.42 Å². The van der Waals surface area contributed by atoms with E-state index in [0.29, 0.717) is 0 Å². The highest BCUT2D eigenvalue weighted by Crippen LogP contribution is 2.20. The monoisotopic (exact) mass is 197 g/mol. The van der Waals surface area contributed by atoms with Gasteiger partial charge < -0.3 is 0 Å². The molecule has 0 aromatic heterocycles. The minimum atomic E-state index is -2.53. The fourth-order valence-electron chi connectivity index (χ4n) is 0.990. The van der Waals surface area contributed by atoms with E-state index < -0.39 is 8.25 Å². The average Bonchev–Trinajstić information content (AvgIpc) is 2.15. The molecule has 1 aromatic carbocycles. The third-order valence-corrected chi connectivity index (χ3v) is 1.96. The fraction of sp³-hybridized carbons (Fsp3) is 0.111. The van der Waals surface area contributed by atoms with Crippen LogP contribution in [-0.2, 0) is 15.7 Å². The number of rotatable bonds is 4. The first kappa shape index (κ1) is 10.1. The summed E-state index contributed by atoms with van der Waals surface area (Å²) in [5.74, 6) is 0. The van der Waals surface area contributed by atoms with Crippen molar-refractivity contribution in [3.05, 3.63) is 42.0 Å². The van der Waals surface area contributed by atoms with Crippen LogP contribution in [0.5, 0.6) is 0 Å². The third kappa shape index (κ3) is 3.07. The summed E-state index contributed by atoms with van der Waals surface area (Å²) >= 11 is 0. The summed E-state index contributed by atoms with van der Waals surface area (Å²) in [5.41, 5.74) is 1.77. The molecule has 1 atom stereocenters. The van der Waals surface area contributed by atoms with Gasteiger partial charge in [0.1, 0.15) is 6.61 Å². The number of hydrogen-bond donors (Lipinski definition) is 1. The van der Waals surface area contributed by atoms with Crippen molar-refractivity contribution < 1.29 is 14.0 Å². The zero-order valence-corrected chi connectivity index (χ0v) is 7.91. The van der Waals surface area contributed by atoms with Crippen LogP contribution in [0.15, 0.2) is 30.8 Å². The van der Waals surface area contributed by atoms with Crippen LogP contribution in [0.1, 0.15) is 11.1 Å². The van der Waals surface area contributed by atoms with Crippen molar-refractivity contribution in [3.63, 3.8) is 0 Å². The molecule has 0 heterocycles. The Morgan fingerprint density at radius 3 is 2.85 bits per heavy atom. The highest BCUT2D eigenvalue weighted by Gasteiger charge is 2.12. The van der Waals surface area contributed by atoms with Crippen LogP contribution in [0, 0.1) is 0 Å². The van der Waals surface area contributed by atoms with Gasteiger partial charge in [-0.2, -0.15) is 0 Å². The molecule has 0 saturated heterocycles. The molecule has 0 fully saturated rings. The Hall–Kier alpha value is -1.02. The van der Waals surface area contributed by atoms with E-state index in [1.54, 1.807) is 6.08 Å². The lowest BCUT2D eigenvalue weighted by Gasteiger charge is -1.99. The molecule has 0 amide bonds. The van der Waals surface area contributed by atoms with Gasteiger partial charge >= 0.3 is 8.25 Å². The Morgan fingerprint density at radius 2 is 2.23 bits per heavy atom. The Morgan fingerprint density at radius 1 is 1.54 bits per heavy atom. The van der Waals surface area contributed by atoms with E-state index in [4.69, 9.17) is 4.89 Å². The number of benzene rings is 1. The van der Waals surface area contributed by atoms with E-state index in [1.807, 2.05) is 24.3 Å². The molecule has 0 aliphatic heterocycles. The molecular weight excluding hydrogens is 187 g/mol. The summed E-state index contributed by atoms with van der Waals surface area (Å²) in [6.45, 7) is 3.76. The maximum atomic E-state index is 10.3. The van der Waals surface area contributed by atoms with Crippen molar-refractivity contribution in [2.45, 2.75) is 6.61 Å². The minimum absolute atomic E-state index is 0.133. The summed E-state index contributed by atoms with van der Waals surface area (Å²) in [4.78, 5) is 8.44. The molecule has 1 unspecified atom stereocenters. The highest BCUT2D eigenvalue weighted by molar-refractivity contribution is 7.32. The number of hydrogen-bond acceptors (Lipinski definition) is 2. The van der Waals surface area contributed by atoms with E-state index >= 15 is 0 Å². The predicted octanol–water partition coefficient (Wildman–Crippen LogP) is 2.50. The van der Waals surface area contributed by atoms with Gasteiger partial charge in [-0.1, -0.05) is 36.9 Å². The largest absolute Gasteiger partial charge is 0.695 e. The summed E-state index contributed by atoms with van der Waals surface area (Å²) in [6.07, 6.45) is 1.68. The summed E-state index contributed by atoms with van der Waals surface area (Å²) in [6, 6.07) is 7.42. The molecule has 13 heavy (non-hydrogen) atoms. The summed E-state index contributed by atoms with van der Waals surface area (Å²) < 4.78 is 14.9. The van der Waals surface area contributed by atoms with Crippen LogP contribution in [0.4, 0.5) is 0 Å². The Kier molecular flexibility index (Phi) is 3.77. The minimum Gasteiger partial charge on any atom is -0.133 e. The van der Waals surface area contributed by atoms with Crippen molar-refractivity contribution in [1.82, 2.24) is 0 Å². The zero-order chi connectivity index (χ0) is 9.68. The molecule has 0 bridgehead atoms. The summed E-state index contributed by atoms with van der Waals surface area (Å²) in [7, 11) is -2.53. The van der Waals surface area contributed by atoms with Crippen LogP contribution >= 0.6 is 8.25 Å². The maximum Gasteiger partial charge on any atom is 0.695 e. The quantitative estimate of drug-likeness (QED) is 0.754. The van der Waals surface area contributed by atoms with Gasteiger partial charge in [0.05, 0.1) is 0 Å². The van der Waals surface area contributed by atoms with Crippen molar-refractivity contribution in [2.75, 3.05) is 0 Å². The second kappa shape index (κ2) is 4.87. The Balaban J connectivity index is 2.75. The van der Waals surface area contributed by atoms with Crippen LogP contribution in [0.25, 0.3) is 6.08 Å². The van der Waals surface area contributed by atoms with Crippen molar-refractivity contribution in [2.24, 2.45) is 0 Å². The van der Waals surface area contributed by atoms with Crippen LogP contribution < -0.4 is 0 Å². The lowest BCUT2D eigenvalue weighted by molar-refractivity contribution is 0.272.